The summed E-state index contributed by atoms with van der Waals surface area (Å²) in [5.41, 5.74) is -0.295. The first-order chi connectivity index (χ1) is 11.5. The van der Waals surface area contributed by atoms with Crippen LogP contribution in [-0.2, 0) is 0 Å². The van der Waals surface area contributed by atoms with Crippen LogP contribution in [0, 0.1) is 10.1 Å². The lowest BCUT2D eigenvalue weighted by Crippen LogP contribution is -2.13. The Balaban J connectivity index is 1.99. The average molecular weight is 343 g/mol. The molecule has 0 bridgehead atoms. The summed E-state index contributed by atoms with van der Waals surface area (Å²) in [6.07, 6.45) is 0. The largest absolute Gasteiger partial charge is 0.507 e. The molecule has 0 aliphatic heterocycles. The summed E-state index contributed by atoms with van der Waals surface area (Å²) in [5, 5.41) is 25.3. The maximum atomic E-state index is 12.4. The number of hydrogen-bond acceptors (Lipinski definition) is 4. The highest BCUT2D eigenvalue weighted by molar-refractivity contribution is 6.31. The van der Waals surface area contributed by atoms with Crippen LogP contribution >= 0.6 is 11.6 Å². The molecule has 0 atom stereocenters. The SMILES string of the molecule is O=C(Nc1ccc(Cl)cc1[N+](=O)[O-])c1cc2ccccc2cc1O. The number of nitrogens with one attached hydrogen (secondary N) is 1. The van der Waals surface area contributed by atoms with Crippen LogP contribution in [0.2, 0.25) is 5.02 Å². The number of hydrogen-bond donors (Lipinski definition) is 2. The summed E-state index contributed by atoms with van der Waals surface area (Å²) in [4.78, 5) is 22.9. The van der Waals surface area contributed by atoms with Crippen molar-refractivity contribution >= 4 is 39.7 Å². The fourth-order valence-corrected chi connectivity index (χ4v) is 2.53. The van der Waals surface area contributed by atoms with Gasteiger partial charge in [-0.15, -0.1) is 0 Å². The molecule has 3 aromatic carbocycles. The van der Waals surface area contributed by atoms with E-state index in [0.29, 0.717) is 0 Å². The molecule has 2 N–H and O–H groups in total. The highest BCUT2D eigenvalue weighted by Crippen LogP contribution is 2.30. The summed E-state index contributed by atoms with van der Waals surface area (Å²) in [7, 11) is 0. The third-order valence-corrected chi connectivity index (χ3v) is 3.75. The molecule has 6 nitrogen and oxygen atoms in total. The summed E-state index contributed by atoms with van der Waals surface area (Å²) >= 11 is 5.75. The summed E-state index contributed by atoms with van der Waals surface area (Å²) < 4.78 is 0. The zero-order chi connectivity index (χ0) is 17.3. The first-order valence-corrected chi connectivity index (χ1v) is 7.30. The van der Waals surface area contributed by atoms with Crippen LogP contribution in [0.15, 0.2) is 54.6 Å². The van der Waals surface area contributed by atoms with Crippen LogP contribution in [0.1, 0.15) is 10.4 Å². The van der Waals surface area contributed by atoms with Gasteiger partial charge < -0.3 is 10.4 Å². The van der Waals surface area contributed by atoms with Crippen molar-refractivity contribution in [3.8, 4) is 5.75 Å². The average Bonchev–Trinajstić information content (AvgIpc) is 2.55. The number of halogens is 1. The van der Waals surface area contributed by atoms with E-state index in [1.54, 1.807) is 12.1 Å². The molecule has 0 aliphatic carbocycles. The Morgan fingerprint density at radius 3 is 2.42 bits per heavy atom. The fraction of sp³-hybridized carbons (Fsp3) is 0. The van der Waals surface area contributed by atoms with E-state index < -0.39 is 10.8 Å². The van der Waals surface area contributed by atoms with Crippen LogP contribution in [0.5, 0.6) is 5.75 Å². The van der Waals surface area contributed by atoms with Crippen molar-refractivity contribution < 1.29 is 14.8 Å². The lowest BCUT2D eigenvalue weighted by Gasteiger charge is -2.09. The maximum Gasteiger partial charge on any atom is 0.294 e. The summed E-state index contributed by atoms with van der Waals surface area (Å²) in [6, 6.07) is 14.2. The Morgan fingerprint density at radius 1 is 1.08 bits per heavy atom. The molecule has 3 aromatic rings. The van der Waals surface area contributed by atoms with Gasteiger partial charge in [0.25, 0.3) is 11.6 Å². The van der Waals surface area contributed by atoms with E-state index in [-0.39, 0.29) is 27.7 Å². The molecule has 7 heteroatoms. The Labute approximate surface area is 141 Å². The molecule has 0 unspecified atom stereocenters. The Morgan fingerprint density at radius 2 is 1.75 bits per heavy atom. The number of phenols is 1. The molecule has 0 heterocycles. The molecule has 1 amide bonds. The predicted molar refractivity (Wildman–Crippen MR) is 91.7 cm³/mol. The topological polar surface area (TPSA) is 92.5 Å². The molecule has 0 saturated carbocycles. The summed E-state index contributed by atoms with van der Waals surface area (Å²) in [6.45, 7) is 0. The Hall–Kier alpha value is -3.12. The second kappa shape index (κ2) is 6.17. The monoisotopic (exact) mass is 342 g/mol. The number of carbonyl (C=O) groups excluding carboxylic acids is 1. The second-order valence-electron chi connectivity index (χ2n) is 5.09. The zero-order valence-corrected chi connectivity index (χ0v) is 12.9. The van der Waals surface area contributed by atoms with Gasteiger partial charge in [0.1, 0.15) is 11.4 Å². The van der Waals surface area contributed by atoms with Gasteiger partial charge in [0.2, 0.25) is 0 Å². The third kappa shape index (κ3) is 3.00. The molecule has 0 saturated heterocycles. The number of benzene rings is 3. The van der Waals surface area contributed by atoms with Crippen molar-refractivity contribution in [2.45, 2.75) is 0 Å². The molecule has 0 aliphatic rings. The quantitative estimate of drug-likeness (QED) is 0.546. The van der Waals surface area contributed by atoms with Crippen molar-refractivity contribution in [2.75, 3.05) is 5.32 Å². The standard InChI is InChI=1S/C17H11ClN2O4/c18-12-5-6-14(15(9-12)20(23)24)19-17(22)13-7-10-3-1-2-4-11(10)8-16(13)21/h1-9,21H,(H,19,22). The van der Waals surface area contributed by atoms with Crippen LogP contribution < -0.4 is 5.32 Å². The normalized spacial score (nSPS) is 10.5. The summed E-state index contributed by atoms with van der Waals surface area (Å²) in [5.74, 6) is -0.855. The lowest BCUT2D eigenvalue weighted by atomic mass is 10.1. The van der Waals surface area contributed by atoms with E-state index >= 15 is 0 Å². The minimum absolute atomic E-state index is 0.00181. The number of nitro groups is 1. The first kappa shape index (κ1) is 15.8. The number of phenolic OH excluding ortho intramolecular Hbond substituents is 1. The minimum atomic E-state index is -0.649. The molecule has 120 valence electrons. The van der Waals surface area contributed by atoms with E-state index in [0.717, 1.165) is 16.8 Å². The highest BCUT2D eigenvalue weighted by atomic mass is 35.5. The van der Waals surface area contributed by atoms with Gasteiger partial charge in [0, 0.05) is 11.1 Å². The smallest absolute Gasteiger partial charge is 0.294 e. The van der Waals surface area contributed by atoms with E-state index in [1.807, 2.05) is 12.1 Å². The van der Waals surface area contributed by atoms with Crippen LogP contribution in [0.4, 0.5) is 11.4 Å². The molecular weight excluding hydrogens is 332 g/mol. The van der Waals surface area contributed by atoms with E-state index in [2.05, 4.69) is 5.32 Å². The van der Waals surface area contributed by atoms with E-state index in [4.69, 9.17) is 11.6 Å². The van der Waals surface area contributed by atoms with Crippen molar-refractivity contribution in [3.05, 3.63) is 75.3 Å². The van der Waals surface area contributed by atoms with E-state index in [9.17, 15) is 20.0 Å². The minimum Gasteiger partial charge on any atom is -0.507 e. The lowest BCUT2D eigenvalue weighted by molar-refractivity contribution is -0.383. The molecule has 0 radical (unpaired) electrons. The van der Waals surface area contributed by atoms with E-state index in [1.165, 1.54) is 24.3 Å². The van der Waals surface area contributed by atoms with Gasteiger partial charge in [-0.2, -0.15) is 0 Å². The highest BCUT2D eigenvalue weighted by Gasteiger charge is 2.19. The van der Waals surface area contributed by atoms with Crippen molar-refractivity contribution in [2.24, 2.45) is 0 Å². The number of rotatable bonds is 3. The predicted octanol–water partition coefficient (Wildman–Crippen LogP) is 4.36. The van der Waals surface area contributed by atoms with Gasteiger partial charge in [0.05, 0.1) is 10.5 Å². The number of amides is 1. The molecule has 24 heavy (non-hydrogen) atoms. The van der Waals surface area contributed by atoms with Crippen molar-refractivity contribution in [1.82, 2.24) is 0 Å². The Kier molecular flexibility index (Phi) is 4.05. The molecular formula is C17H11ClN2O4. The van der Waals surface area contributed by atoms with Crippen LogP contribution in [0.3, 0.4) is 0 Å². The first-order valence-electron chi connectivity index (χ1n) is 6.93. The maximum absolute atomic E-state index is 12.4. The molecule has 0 spiro atoms. The van der Waals surface area contributed by atoms with Gasteiger partial charge in [-0.3, -0.25) is 14.9 Å². The molecule has 3 rings (SSSR count). The van der Waals surface area contributed by atoms with Gasteiger partial charge in [-0.05, 0) is 35.0 Å². The fourth-order valence-electron chi connectivity index (χ4n) is 2.36. The third-order valence-electron chi connectivity index (χ3n) is 3.51. The van der Waals surface area contributed by atoms with Crippen LogP contribution in [0.25, 0.3) is 10.8 Å². The van der Waals surface area contributed by atoms with Gasteiger partial charge in [0.15, 0.2) is 0 Å². The number of fused-ring (bicyclic) bond motifs is 1. The molecule has 0 fully saturated rings. The zero-order valence-electron chi connectivity index (χ0n) is 12.2. The van der Waals surface area contributed by atoms with Gasteiger partial charge in [-0.25, -0.2) is 0 Å². The number of carbonyl (C=O) groups is 1. The number of nitrogens with zero attached hydrogens (tertiary/aromatic N) is 1. The van der Waals surface area contributed by atoms with Gasteiger partial charge in [-0.1, -0.05) is 35.9 Å². The number of aromatic hydroxyl groups is 1. The second-order valence-corrected chi connectivity index (χ2v) is 5.53. The Bertz CT molecular complexity index is 972. The number of nitro benzene ring substituents is 1. The van der Waals surface area contributed by atoms with Crippen molar-refractivity contribution in [1.29, 1.82) is 0 Å². The van der Waals surface area contributed by atoms with Gasteiger partial charge >= 0.3 is 0 Å². The van der Waals surface area contributed by atoms with Crippen molar-refractivity contribution in [3.63, 3.8) is 0 Å². The van der Waals surface area contributed by atoms with Crippen LogP contribution in [-0.4, -0.2) is 15.9 Å². The molecule has 0 aromatic heterocycles. The number of anilines is 1.